The first-order valence-corrected chi connectivity index (χ1v) is 6.25. The number of phenolic OH excluding ortho intramolecular Hbond substituents is 1. The molecule has 0 radical (unpaired) electrons. The smallest absolute Gasteiger partial charge is 0.200 e. The average molecular weight is 288 g/mol. The second kappa shape index (κ2) is 6.17. The van der Waals surface area contributed by atoms with Crippen LogP contribution in [0, 0.1) is 0 Å². The number of ketones is 1. The van der Waals surface area contributed by atoms with E-state index in [-0.39, 0.29) is 17.1 Å². The van der Waals surface area contributed by atoms with E-state index < -0.39 is 0 Å². The molecule has 0 bridgehead atoms. The average Bonchev–Trinajstić information content (AvgIpc) is 2.53. The molecular formula is C16H16O5. The van der Waals surface area contributed by atoms with Gasteiger partial charge in [-0.15, -0.1) is 0 Å². The Hall–Kier alpha value is -2.69. The predicted octanol–water partition coefficient (Wildman–Crippen LogP) is 2.65. The maximum Gasteiger partial charge on any atom is 0.200 e. The van der Waals surface area contributed by atoms with Crippen LogP contribution < -0.4 is 14.2 Å². The van der Waals surface area contributed by atoms with Crippen molar-refractivity contribution in [3.05, 3.63) is 47.5 Å². The molecular weight excluding hydrogens is 272 g/mol. The van der Waals surface area contributed by atoms with Crippen molar-refractivity contribution in [1.29, 1.82) is 0 Å². The van der Waals surface area contributed by atoms with E-state index in [1.54, 1.807) is 24.3 Å². The fourth-order valence-electron chi connectivity index (χ4n) is 2.04. The normalized spacial score (nSPS) is 10.0. The summed E-state index contributed by atoms with van der Waals surface area (Å²) in [4.78, 5) is 12.6. The summed E-state index contributed by atoms with van der Waals surface area (Å²) in [6.07, 6.45) is 0. The summed E-state index contributed by atoms with van der Waals surface area (Å²) in [6, 6.07) is 9.47. The Balaban J connectivity index is 2.55. The lowest BCUT2D eigenvalue weighted by Crippen LogP contribution is -2.06. The quantitative estimate of drug-likeness (QED) is 0.857. The molecule has 0 aliphatic carbocycles. The van der Waals surface area contributed by atoms with Gasteiger partial charge in [-0.2, -0.15) is 0 Å². The summed E-state index contributed by atoms with van der Waals surface area (Å²) >= 11 is 0. The van der Waals surface area contributed by atoms with Crippen LogP contribution in [0.25, 0.3) is 0 Å². The fraction of sp³-hybridized carbons (Fsp3) is 0.188. The first-order chi connectivity index (χ1) is 10.1. The molecule has 0 atom stereocenters. The van der Waals surface area contributed by atoms with Gasteiger partial charge in [0.1, 0.15) is 11.5 Å². The van der Waals surface area contributed by atoms with E-state index >= 15 is 0 Å². The maximum atomic E-state index is 12.6. The molecule has 0 aromatic heterocycles. The first-order valence-electron chi connectivity index (χ1n) is 6.25. The van der Waals surface area contributed by atoms with E-state index in [9.17, 15) is 9.90 Å². The molecule has 0 heterocycles. The highest BCUT2D eigenvalue weighted by Gasteiger charge is 2.21. The van der Waals surface area contributed by atoms with Gasteiger partial charge in [-0.3, -0.25) is 4.79 Å². The number of benzene rings is 2. The SMILES string of the molecule is COc1ccc(O)c(C(=O)c2cccc(OC)c2OC)c1. The number of carbonyl (C=O) groups excluding carboxylic acids is 1. The molecule has 0 aliphatic rings. The highest BCUT2D eigenvalue weighted by Crippen LogP contribution is 2.34. The van der Waals surface area contributed by atoms with Crippen molar-refractivity contribution in [2.75, 3.05) is 21.3 Å². The van der Waals surface area contributed by atoms with Crippen molar-refractivity contribution in [2.45, 2.75) is 0 Å². The molecule has 0 unspecified atom stereocenters. The Morgan fingerprint density at radius 1 is 0.952 bits per heavy atom. The Labute approximate surface area is 122 Å². The van der Waals surface area contributed by atoms with Gasteiger partial charge in [-0.25, -0.2) is 0 Å². The van der Waals surface area contributed by atoms with Crippen LogP contribution in [0.1, 0.15) is 15.9 Å². The second-order valence-electron chi connectivity index (χ2n) is 4.25. The Bertz CT molecular complexity index is 664. The summed E-state index contributed by atoms with van der Waals surface area (Å²) < 4.78 is 15.5. The monoisotopic (exact) mass is 288 g/mol. The number of ether oxygens (including phenoxy) is 3. The third kappa shape index (κ3) is 2.76. The van der Waals surface area contributed by atoms with Crippen LogP contribution in [0.15, 0.2) is 36.4 Å². The van der Waals surface area contributed by atoms with Gasteiger partial charge >= 0.3 is 0 Å². The van der Waals surface area contributed by atoms with Gasteiger partial charge in [-0.05, 0) is 30.3 Å². The lowest BCUT2D eigenvalue weighted by molar-refractivity contribution is 0.103. The van der Waals surface area contributed by atoms with Crippen molar-refractivity contribution in [3.63, 3.8) is 0 Å². The van der Waals surface area contributed by atoms with Gasteiger partial charge in [0.25, 0.3) is 0 Å². The minimum absolute atomic E-state index is 0.120. The molecule has 1 N–H and O–H groups in total. The van der Waals surface area contributed by atoms with Crippen LogP contribution >= 0.6 is 0 Å². The Kier molecular flexibility index (Phi) is 4.33. The molecule has 2 aromatic carbocycles. The molecule has 110 valence electrons. The number of methoxy groups -OCH3 is 3. The molecule has 0 aliphatic heterocycles. The van der Waals surface area contributed by atoms with Crippen LogP contribution in [0.2, 0.25) is 0 Å². The zero-order chi connectivity index (χ0) is 15.4. The van der Waals surface area contributed by atoms with E-state index in [2.05, 4.69) is 0 Å². The summed E-state index contributed by atoms with van der Waals surface area (Å²) in [6.45, 7) is 0. The number of rotatable bonds is 5. The summed E-state index contributed by atoms with van der Waals surface area (Å²) in [5, 5.41) is 9.90. The highest BCUT2D eigenvalue weighted by atomic mass is 16.5. The molecule has 2 rings (SSSR count). The molecule has 5 heteroatoms. The van der Waals surface area contributed by atoms with Crippen LogP contribution in [0.4, 0.5) is 0 Å². The number of carbonyl (C=O) groups is 1. The molecule has 2 aromatic rings. The third-order valence-corrected chi connectivity index (χ3v) is 3.10. The van der Waals surface area contributed by atoms with E-state index in [1.807, 2.05) is 0 Å². The standard InChI is InChI=1S/C16H16O5/c1-19-10-7-8-13(17)12(9-10)15(18)11-5-4-6-14(20-2)16(11)21-3/h4-9,17H,1-3H3. The molecule has 0 amide bonds. The number of aromatic hydroxyl groups is 1. The molecule has 0 saturated carbocycles. The van der Waals surface area contributed by atoms with E-state index in [0.29, 0.717) is 22.8 Å². The van der Waals surface area contributed by atoms with Crippen LogP contribution in [0.3, 0.4) is 0 Å². The number of phenols is 1. The summed E-state index contributed by atoms with van der Waals surface area (Å²) in [5.41, 5.74) is 0.446. The summed E-state index contributed by atoms with van der Waals surface area (Å²) in [7, 11) is 4.45. The zero-order valence-corrected chi connectivity index (χ0v) is 12.0. The predicted molar refractivity (Wildman–Crippen MR) is 77.6 cm³/mol. The topological polar surface area (TPSA) is 65.0 Å². The second-order valence-corrected chi connectivity index (χ2v) is 4.25. The molecule has 0 saturated heterocycles. The number of para-hydroxylation sites is 1. The van der Waals surface area contributed by atoms with Gasteiger partial charge in [0.2, 0.25) is 5.78 Å². The highest BCUT2D eigenvalue weighted by molar-refractivity contribution is 6.12. The van der Waals surface area contributed by atoms with Crippen LogP contribution in [0.5, 0.6) is 23.0 Å². The lowest BCUT2D eigenvalue weighted by Gasteiger charge is -2.12. The number of hydrogen-bond donors (Lipinski definition) is 1. The lowest BCUT2D eigenvalue weighted by atomic mass is 10.0. The maximum absolute atomic E-state index is 12.6. The largest absolute Gasteiger partial charge is 0.507 e. The van der Waals surface area contributed by atoms with Crippen molar-refractivity contribution < 1.29 is 24.1 Å². The molecule has 21 heavy (non-hydrogen) atoms. The van der Waals surface area contributed by atoms with E-state index in [1.165, 1.54) is 33.5 Å². The van der Waals surface area contributed by atoms with Crippen molar-refractivity contribution in [1.82, 2.24) is 0 Å². The minimum atomic E-state index is -0.373. The van der Waals surface area contributed by atoms with Crippen LogP contribution in [-0.4, -0.2) is 32.2 Å². The van der Waals surface area contributed by atoms with Crippen molar-refractivity contribution in [3.8, 4) is 23.0 Å². The number of hydrogen-bond acceptors (Lipinski definition) is 5. The Morgan fingerprint density at radius 3 is 2.33 bits per heavy atom. The van der Waals surface area contributed by atoms with E-state index in [0.717, 1.165) is 0 Å². The fourth-order valence-corrected chi connectivity index (χ4v) is 2.04. The molecule has 5 nitrogen and oxygen atoms in total. The van der Waals surface area contributed by atoms with Crippen molar-refractivity contribution >= 4 is 5.78 Å². The summed E-state index contributed by atoms with van der Waals surface area (Å²) in [5.74, 6) is 0.767. The Morgan fingerprint density at radius 2 is 1.71 bits per heavy atom. The molecule has 0 spiro atoms. The van der Waals surface area contributed by atoms with Gasteiger partial charge in [0, 0.05) is 0 Å². The third-order valence-electron chi connectivity index (χ3n) is 3.10. The molecule has 0 fully saturated rings. The van der Waals surface area contributed by atoms with Gasteiger partial charge < -0.3 is 19.3 Å². The van der Waals surface area contributed by atoms with Crippen molar-refractivity contribution in [2.24, 2.45) is 0 Å². The van der Waals surface area contributed by atoms with E-state index in [4.69, 9.17) is 14.2 Å². The van der Waals surface area contributed by atoms with Gasteiger partial charge in [0.05, 0.1) is 32.5 Å². The van der Waals surface area contributed by atoms with Gasteiger partial charge in [0.15, 0.2) is 11.5 Å². The van der Waals surface area contributed by atoms with Gasteiger partial charge in [-0.1, -0.05) is 6.07 Å². The first kappa shape index (κ1) is 14.7. The minimum Gasteiger partial charge on any atom is -0.507 e. The zero-order valence-electron chi connectivity index (χ0n) is 12.0. The van der Waals surface area contributed by atoms with Crippen LogP contribution in [-0.2, 0) is 0 Å².